The minimum Gasteiger partial charge on any atom is -0.342 e. The van der Waals surface area contributed by atoms with E-state index in [0.717, 1.165) is 21.0 Å². The molecule has 0 aromatic carbocycles. The van der Waals surface area contributed by atoms with Gasteiger partial charge in [0.25, 0.3) is 5.56 Å². The molecule has 0 aliphatic rings. The maximum atomic E-state index is 12.3. The minimum absolute atomic E-state index is 0.0540. The van der Waals surface area contributed by atoms with Crippen molar-refractivity contribution in [3.8, 4) is 0 Å². The van der Waals surface area contributed by atoms with Crippen molar-refractivity contribution in [2.45, 2.75) is 33.4 Å². The number of H-pyrrole nitrogens is 1. The van der Waals surface area contributed by atoms with Crippen molar-refractivity contribution in [3.63, 3.8) is 0 Å². The van der Waals surface area contributed by atoms with Gasteiger partial charge in [-0.25, -0.2) is 4.98 Å². The highest BCUT2D eigenvalue weighted by Crippen LogP contribution is 2.25. The molecule has 0 fully saturated rings. The molecular formula is C15H18N4OS. The summed E-state index contributed by atoms with van der Waals surface area (Å²) >= 11 is 1.57. The van der Waals surface area contributed by atoms with Gasteiger partial charge in [-0.1, -0.05) is 0 Å². The molecule has 0 bridgehead atoms. The molecule has 0 spiro atoms. The zero-order valence-electron chi connectivity index (χ0n) is 12.3. The van der Waals surface area contributed by atoms with Crippen molar-refractivity contribution in [2.75, 3.05) is 0 Å². The third-order valence-corrected chi connectivity index (χ3v) is 4.84. The second-order valence-electron chi connectivity index (χ2n) is 5.33. The number of nitrogens with zero attached hydrogens (tertiary/aromatic N) is 2. The van der Waals surface area contributed by atoms with Crippen LogP contribution in [-0.2, 0) is 6.54 Å². The van der Waals surface area contributed by atoms with Crippen LogP contribution in [0.25, 0.3) is 10.2 Å². The summed E-state index contributed by atoms with van der Waals surface area (Å²) < 4.78 is 2.02. The molecule has 0 amide bonds. The lowest BCUT2D eigenvalue weighted by Crippen LogP contribution is -2.17. The van der Waals surface area contributed by atoms with E-state index in [9.17, 15) is 4.79 Å². The Bertz CT molecular complexity index is 856. The number of rotatable bonds is 3. The van der Waals surface area contributed by atoms with E-state index in [4.69, 9.17) is 5.73 Å². The van der Waals surface area contributed by atoms with Gasteiger partial charge in [0.15, 0.2) is 0 Å². The molecule has 21 heavy (non-hydrogen) atoms. The summed E-state index contributed by atoms with van der Waals surface area (Å²) in [4.78, 5) is 21.7. The van der Waals surface area contributed by atoms with Gasteiger partial charge < -0.3 is 15.3 Å². The van der Waals surface area contributed by atoms with Crippen molar-refractivity contribution in [2.24, 2.45) is 5.73 Å². The van der Waals surface area contributed by atoms with Crippen LogP contribution in [0.5, 0.6) is 0 Å². The molecule has 0 saturated heterocycles. The van der Waals surface area contributed by atoms with E-state index < -0.39 is 0 Å². The standard InChI is InChI=1S/C15H18N4OS/c1-8-10(3)21-15-13(8)14(20)17-12(18-15)7-19-6-4-5-11(19)9(2)16/h4-6,9H,7,16H2,1-3H3,(H,17,18,20). The number of hydrogen-bond acceptors (Lipinski definition) is 4. The first-order valence-corrected chi connectivity index (χ1v) is 7.68. The fraction of sp³-hybridized carbons (Fsp3) is 0.333. The molecule has 1 atom stereocenters. The molecule has 3 heterocycles. The lowest BCUT2D eigenvalue weighted by Gasteiger charge is -2.11. The second-order valence-corrected chi connectivity index (χ2v) is 6.53. The highest BCUT2D eigenvalue weighted by Gasteiger charge is 2.13. The van der Waals surface area contributed by atoms with Crippen LogP contribution in [0, 0.1) is 13.8 Å². The van der Waals surface area contributed by atoms with Crippen LogP contribution in [0.4, 0.5) is 0 Å². The van der Waals surface area contributed by atoms with Crippen LogP contribution in [0.15, 0.2) is 23.1 Å². The smallest absolute Gasteiger partial charge is 0.259 e. The molecule has 1 unspecified atom stereocenters. The Hall–Kier alpha value is -1.92. The number of aryl methyl sites for hydroxylation is 2. The molecule has 0 aliphatic heterocycles. The Morgan fingerprint density at radius 1 is 1.48 bits per heavy atom. The van der Waals surface area contributed by atoms with Gasteiger partial charge in [-0.3, -0.25) is 4.79 Å². The molecule has 3 N–H and O–H groups in total. The number of thiophene rings is 1. The first kappa shape index (κ1) is 14.0. The van der Waals surface area contributed by atoms with Crippen LogP contribution in [0.3, 0.4) is 0 Å². The van der Waals surface area contributed by atoms with E-state index in [1.54, 1.807) is 11.3 Å². The third-order valence-electron chi connectivity index (χ3n) is 3.74. The maximum Gasteiger partial charge on any atom is 0.259 e. The molecule has 3 rings (SSSR count). The van der Waals surface area contributed by atoms with Crippen LogP contribution >= 0.6 is 11.3 Å². The predicted octanol–water partition coefficient (Wildman–Crippen LogP) is 2.47. The van der Waals surface area contributed by atoms with Crippen LogP contribution in [0.2, 0.25) is 0 Å². The van der Waals surface area contributed by atoms with Gasteiger partial charge in [-0.15, -0.1) is 11.3 Å². The summed E-state index contributed by atoms with van der Waals surface area (Å²) in [5.74, 6) is 0.659. The van der Waals surface area contributed by atoms with Gasteiger partial charge in [-0.2, -0.15) is 0 Å². The fourth-order valence-corrected chi connectivity index (χ4v) is 3.57. The number of aromatic amines is 1. The Labute approximate surface area is 126 Å². The zero-order valence-corrected chi connectivity index (χ0v) is 13.1. The maximum absolute atomic E-state index is 12.3. The number of hydrogen-bond donors (Lipinski definition) is 2. The average molecular weight is 302 g/mol. The molecule has 3 aromatic heterocycles. The first-order valence-electron chi connectivity index (χ1n) is 6.87. The van der Waals surface area contributed by atoms with Crippen molar-refractivity contribution in [1.82, 2.24) is 14.5 Å². The minimum atomic E-state index is -0.0636. The summed E-state index contributed by atoms with van der Waals surface area (Å²) in [5.41, 5.74) is 7.93. The fourth-order valence-electron chi connectivity index (χ4n) is 2.52. The van der Waals surface area contributed by atoms with E-state index in [1.807, 2.05) is 43.7 Å². The molecular weight excluding hydrogens is 284 g/mol. The Morgan fingerprint density at radius 2 is 2.24 bits per heavy atom. The van der Waals surface area contributed by atoms with Crippen molar-refractivity contribution >= 4 is 21.6 Å². The molecule has 3 aromatic rings. The molecule has 5 nitrogen and oxygen atoms in total. The van der Waals surface area contributed by atoms with Gasteiger partial charge in [0.1, 0.15) is 10.7 Å². The number of fused-ring (bicyclic) bond motifs is 1. The number of nitrogens with one attached hydrogen (secondary N) is 1. The summed E-state index contributed by atoms with van der Waals surface area (Å²) in [7, 11) is 0. The van der Waals surface area contributed by atoms with E-state index in [0.29, 0.717) is 17.8 Å². The van der Waals surface area contributed by atoms with Gasteiger partial charge >= 0.3 is 0 Å². The molecule has 0 radical (unpaired) electrons. The quantitative estimate of drug-likeness (QED) is 0.780. The number of aromatic nitrogens is 3. The topological polar surface area (TPSA) is 76.7 Å². The summed E-state index contributed by atoms with van der Waals surface area (Å²) in [6.45, 7) is 6.44. The van der Waals surface area contributed by atoms with E-state index in [2.05, 4.69) is 9.97 Å². The Morgan fingerprint density at radius 3 is 2.95 bits per heavy atom. The summed E-state index contributed by atoms with van der Waals surface area (Å²) in [6.07, 6.45) is 1.95. The van der Waals surface area contributed by atoms with Crippen molar-refractivity contribution < 1.29 is 0 Å². The average Bonchev–Trinajstić information content (AvgIpc) is 2.96. The van der Waals surface area contributed by atoms with Crippen LogP contribution in [-0.4, -0.2) is 14.5 Å². The zero-order chi connectivity index (χ0) is 15.1. The monoisotopic (exact) mass is 302 g/mol. The normalized spacial score (nSPS) is 13.0. The molecule has 110 valence electrons. The van der Waals surface area contributed by atoms with E-state index in [-0.39, 0.29) is 11.6 Å². The lowest BCUT2D eigenvalue weighted by atomic mass is 10.2. The van der Waals surface area contributed by atoms with Gasteiger partial charge in [-0.05, 0) is 38.5 Å². The largest absolute Gasteiger partial charge is 0.342 e. The highest BCUT2D eigenvalue weighted by molar-refractivity contribution is 7.18. The van der Waals surface area contributed by atoms with Crippen molar-refractivity contribution in [3.05, 3.63) is 50.6 Å². The highest BCUT2D eigenvalue weighted by atomic mass is 32.1. The van der Waals surface area contributed by atoms with Crippen LogP contribution < -0.4 is 11.3 Å². The second kappa shape index (κ2) is 5.13. The van der Waals surface area contributed by atoms with Crippen LogP contribution in [0.1, 0.15) is 34.9 Å². The van der Waals surface area contributed by atoms with Gasteiger partial charge in [0.05, 0.1) is 11.9 Å². The Kier molecular flexibility index (Phi) is 3.43. The van der Waals surface area contributed by atoms with E-state index in [1.165, 1.54) is 0 Å². The summed E-state index contributed by atoms with van der Waals surface area (Å²) in [5, 5.41) is 0.709. The number of nitrogens with two attached hydrogens (primary N) is 1. The van der Waals surface area contributed by atoms with Crippen molar-refractivity contribution in [1.29, 1.82) is 0 Å². The lowest BCUT2D eigenvalue weighted by molar-refractivity contribution is 0.656. The molecule has 6 heteroatoms. The molecule has 0 saturated carbocycles. The van der Waals surface area contributed by atoms with E-state index >= 15 is 0 Å². The third kappa shape index (κ3) is 2.41. The summed E-state index contributed by atoms with van der Waals surface area (Å²) in [6, 6.07) is 3.89. The molecule has 0 aliphatic carbocycles. The Balaban J connectivity index is 2.06. The predicted molar refractivity (Wildman–Crippen MR) is 85.9 cm³/mol. The first-order chi connectivity index (χ1) is 9.97. The van der Waals surface area contributed by atoms with Gasteiger partial charge in [0.2, 0.25) is 0 Å². The SMILES string of the molecule is Cc1sc2nc(Cn3cccc3C(C)N)[nH]c(=O)c2c1C. The van der Waals surface area contributed by atoms with Gasteiger partial charge in [0, 0.05) is 22.8 Å².